The molecule has 1 rings (SSSR count). The summed E-state index contributed by atoms with van der Waals surface area (Å²) in [6.45, 7) is 5.43. The van der Waals surface area contributed by atoms with Crippen LogP contribution in [0.3, 0.4) is 0 Å². The first-order valence-corrected chi connectivity index (χ1v) is 5.10. The highest BCUT2D eigenvalue weighted by Gasteiger charge is 2.24. The fourth-order valence-corrected chi connectivity index (χ4v) is 1.74. The Morgan fingerprint density at radius 1 is 1.46 bits per heavy atom. The Bertz CT molecular complexity index is 153. The molecule has 0 aromatic rings. The van der Waals surface area contributed by atoms with E-state index in [0.717, 1.165) is 32.4 Å². The third-order valence-corrected chi connectivity index (χ3v) is 2.69. The number of aliphatic hydroxyl groups excluding tert-OH is 1. The zero-order chi connectivity index (χ0) is 9.90. The molecule has 3 N–H and O–H groups in total. The molecule has 13 heavy (non-hydrogen) atoms. The van der Waals surface area contributed by atoms with Crippen LogP contribution in [0.25, 0.3) is 0 Å². The Balaban J connectivity index is 2.27. The van der Waals surface area contributed by atoms with E-state index in [4.69, 9.17) is 0 Å². The second kappa shape index (κ2) is 4.40. The van der Waals surface area contributed by atoms with Crippen molar-refractivity contribution in [2.75, 3.05) is 13.1 Å². The summed E-state index contributed by atoms with van der Waals surface area (Å²) < 4.78 is 0. The van der Waals surface area contributed by atoms with Crippen LogP contribution < -0.4 is 5.32 Å². The molecule has 0 aromatic carbocycles. The van der Waals surface area contributed by atoms with Gasteiger partial charge in [-0.25, -0.2) is 0 Å². The van der Waals surface area contributed by atoms with E-state index >= 15 is 0 Å². The maximum absolute atomic E-state index is 9.64. The highest BCUT2D eigenvalue weighted by atomic mass is 16.3. The lowest BCUT2D eigenvalue weighted by Gasteiger charge is -2.30. The van der Waals surface area contributed by atoms with Crippen molar-refractivity contribution in [3.8, 4) is 0 Å². The van der Waals surface area contributed by atoms with E-state index in [0.29, 0.717) is 5.92 Å². The summed E-state index contributed by atoms with van der Waals surface area (Å²) in [6.07, 6.45) is 2.33. The third kappa shape index (κ3) is 4.07. The first-order chi connectivity index (χ1) is 5.99. The van der Waals surface area contributed by atoms with Crippen LogP contribution in [0, 0.1) is 5.92 Å². The second-order valence-corrected chi connectivity index (χ2v) is 4.67. The molecule has 78 valence electrons. The maximum Gasteiger partial charge on any atom is 0.0592 e. The Hall–Kier alpha value is -0.120. The molecule has 2 atom stereocenters. The van der Waals surface area contributed by atoms with Crippen molar-refractivity contribution in [1.82, 2.24) is 5.32 Å². The SMILES string of the molecule is CC(C)(O)CCC1CNCCC1O. The summed E-state index contributed by atoms with van der Waals surface area (Å²) in [4.78, 5) is 0. The summed E-state index contributed by atoms with van der Waals surface area (Å²) in [7, 11) is 0. The highest BCUT2D eigenvalue weighted by molar-refractivity contribution is 4.79. The van der Waals surface area contributed by atoms with Gasteiger partial charge in [0.1, 0.15) is 0 Å². The van der Waals surface area contributed by atoms with Crippen LogP contribution in [-0.2, 0) is 0 Å². The highest BCUT2D eigenvalue weighted by Crippen LogP contribution is 2.21. The Morgan fingerprint density at radius 3 is 2.69 bits per heavy atom. The van der Waals surface area contributed by atoms with Crippen molar-refractivity contribution >= 4 is 0 Å². The van der Waals surface area contributed by atoms with Crippen molar-refractivity contribution in [1.29, 1.82) is 0 Å². The van der Waals surface area contributed by atoms with Crippen molar-refractivity contribution in [3.05, 3.63) is 0 Å². The number of rotatable bonds is 3. The molecule has 2 unspecified atom stereocenters. The summed E-state index contributed by atoms with van der Waals surface area (Å²) >= 11 is 0. The second-order valence-electron chi connectivity index (χ2n) is 4.67. The molecule has 0 aliphatic carbocycles. The lowest BCUT2D eigenvalue weighted by atomic mass is 9.88. The Morgan fingerprint density at radius 2 is 2.15 bits per heavy atom. The molecule has 0 amide bonds. The van der Waals surface area contributed by atoms with Gasteiger partial charge in [-0.05, 0) is 45.6 Å². The summed E-state index contributed by atoms with van der Waals surface area (Å²) in [5.74, 6) is 0.320. The predicted molar refractivity (Wildman–Crippen MR) is 52.5 cm³/mol. The minimum absolute atomic E-state index is 0.177. The standard InChI is InChI=1S/C10H21NO2/c1-10(2,13)5-3-8-7-11-6-4-9(8)12/h8-9,11-13H,3-7H2,1-2H3. The fraction of sp³-hybridized carbons (Fsp3) is 1.00. The van der Waals surface area contributed by atoms with Gasteiger partial charge >= 0.3 is 0 Å². The van der Waals surface area contributed by atoms with Crippen LogP contribution in [0.4, 0.5) is 0 Å². The zero-order valence-electron chi connectivity index (χ0n) is 8.58. The van der Waals surface area contributed by atoms with Crippen LogP contribution in [-0.4, -0.2) is 35.0 Å². The molecule has 0 spiro atoms. The number of hydrogen-bond acceptors (Lipinski definition) is 3. The molecule has 1 aliphatic rings. The number of piperidine rings is 1. The van der Waals surface area contributed by atoms with Crippen molar-refractivity contribution in [3.63, 3.8) is 0 Å². The summed E-state index contributed by atoms with van der Waals surface area (Å²) in [6, 6.07) is 0. The lowest BCUT2D eigenvalue weighted by molar-refractivity contribution is 0.0344. The molecule has 0 bridgehead atoms. The molecule has 1 saturated heterocycles. The molecule has 1 heterocycles. The predicted octanol–water partition coefficient (Wildman–Crippen LogP) is 0.508. The normalized spacial score (nSPS) is 30.5. The molecule has 1 fully saturated rings. The average molecular weight is 187 g/mol. The number of nitrogens with one attached hydrogen (secondary N) is 1. The van der Waals surface area contributed by atoms with Gasteiger partial charge < -0.3 is 15.5 Å². The molecular formula is C10H21NO2. The minimum Gasteiger partial charge on any atom is -0.393 e. The van der Waals surface area contributed by atoms with Crippen LogP contribution in [0.15, 0.2) is 0 Å². The van der Waals surface area contributed by atoms with Gasteiger partial charge in [0.25, 0.3) is 0 Å². The molecular weight excluding hydrogens is 166 g/mol. The van der Waals surface area contributed by atoms with Gasteiger partial charge in [-0.15, -0.1) is 0 Å². The van der Waals surface area contributed by atoms with E-state index in [9.17, 15) is 10.2 Å². The zero-order valence-corrected chi connectivity index (χ0v) is 8.58. The van der Waals surface area contributed by atoms with Gasteiger partial charge in [0.15, 0.2) is 0 Å². The van der Waals surface area contributed by atoms with E-state index < -0.39 is 5.60 Å². The van der Waals surface area contributed by atoms with Gasteiger partial charge in [-0.2, -0.15) is 0 Å². The average Bonchev–Trinajstić information content (AvgIpc) is 2.01. The van der Waals surface area contributed by atoms with Gasteiger partial charge in [0, 0.05) is 6.54 Å². The first-order valence-electron chi connectivity index (χ1n) is 5.10. The van der Waals surface area contributed by atoms with Crippen LogP contribution in [0.5, 0.6) is 0 Å². The van der Waals surface area contributed by atoms with Crippen molar-refractivity contribution in [2.45, 2.75) is 44.8 Å². The topological polar surface area (TPSA) is 52.5 Å². The smallest absolute Gasteiger partial charge is 0.0592 e. The lowest BCUT2D eigenvalue weighted by Crippen LogP contribution is -2.40. The first kappa shape index (κ1) is 11.0. The van der Waals surface area contributed by atoms with E-state index in [2.05, 4.69) is 5.32 Å². The quantitative estimate of drug-likeness (QED) is 0.603. The minimum atomic E-state index is -0.600. The van der Waals surface area contributed by atoms with E-state index in [-0.39, 0.29) is 6.10 Å². The van der Waals surface area contributed by atoms with E-state index in [1.807, 2.05) is 13.8 Å². The summed E-state index contributed by atoms with van der Waals surface area (Å²) in [5, 5.41) is 22.4. The van der Waals surface area contributed by atoms with Crippen molar-refractivity contribution < 1.29 is 10.2 Å². The largest absolute Gasteiger partial charge is 0.393 e. The van der Waals surface area contributed by atoms with Gasteiger partial charge in [0.05, 0.1) is 11.7 Å². The molecule has 3 heteroatoms. The number of aliphatic hydroxyl groups is 2. The molecule has 0 saturated carbocycles. The Kier molecular flexibility index (Phi) is 3.71. The number of hydrogen-bond donors (Lipinski definition) is 3. The van der Waals surface area contributed by atoms with E-state index in [1.165, 1.54) is 0 Å². The molecule has 0 radical (unpaired) electrons. The van der Waals surface area contributed by atoms with E-state index in [1.54, 1.807) is 0 Å². The molecule has 1 aliphatic heterocycles. The fourth-order valence-electron chi connectivity index (χ4n) is 1.74. The van der Waals surface area contributed by atoms with Gasteiger partial charge in [-0.3, -0.25) is 0 Å². The third-order valence-electron chi connectivity index (χ3n) is 2.69. The molecule has 3 nitrogen and oxygen atoms in total. The van der Waals surface area contributed by atoms with Crippen molar-refractivity contribution in [2.24, 2.45) is 5.92 Å². The summed E-state index contributed by atoms with van der Waals surface area (Å²) in [5.41, 5.74) is -0.600. The monoisotopic (exact) mass is 187 g/mol. The van der Waals surface area contributed by atoms with Crippen LogP contribution >= 0.6 is 0 Å². The maximum atomic E-state index is 9.64. The molecule has 0 aromatic heterocycles. The van der Waals surface area contributed by atoms with Gasteiger partial charge in [0.2, 0.25) is 0 Å². The van der Waals surface area contributed by atoms with Crippen LogP contribution in [0.1, 0.15) is 33.1 Å². The van der Waals surface area contributed by atoms with Crippen LogP contribution in [0.2, 0.25) is 0 Å². The van der Waals surface area contributed by atoms with Gasteiger partial charge in [-0.1, -0.05) is 0 Å². The Labute approximate surface area is 80.2 Å².